The molecule has 0 aliphatic heterocycles. The van der Waals surface area contributed by atoms with Gasteiger partial charge in [-0.05, 0) is 0 Å². The summed E-state index contributed by atoms with van der Waals surface area (Å²) < 4.78 is 22.2. The summed E-state index contributed by atoms with van der Waals surface area (Å²) in [7, 11) is -10.1. The molecule has 0 unspecified atom stereocenters. The van der Waals surface area contributed by atoms with Crippen molar-refractivity contribution >= 4 is 56.5 Å². The Balaban J connectivity index is -0.000000120. The van der Waals surface area contributed by atoms with Crippen LogP contribution in [0.4, 0.5) is 17.8 Å². The first-order valence-electron chi connectivity index (χ1n) is 3.74. The number of nitrogens with zero attached hydrogens (tertiary/aromatic N) is 3. The molecule has 1 rings (SSSR count). The molecule has 0 aromatic carbocycles. The van der Waals surface area contributed by atoms with Gasteiger partial charge in [-0.25, -0.2) is 9.13 Å². The fourth-order valence-electron chi connectivity index (χ4n) is 0.566. The van der Waals surface area contributed by atoms with Crippen LogP contribution in [-0.4, -0.2) is 57.6 Å². The largest absolute Gasteiger partial charge is 2.00 e. The van der Waals surface area contributed by atoms with Crippen molar-refractivity contribution in [3.05, 3.63) is 0 Å². The Bertz CT molecular complexity index is 441. The summed E-state index contributed by atoms with van der Waals surface area (Å²) in [6, 6.07) is 0. The van der Waals surface area contributed by atoms with Gasteiger partial charge in [0.05, 0.1) is 0 Å². The van der Waals surface area contributed by atoms with E-state index in [4.69, 9.17) is 36.8 Å². The second kappa shape index (κ2) is 7.89. The summed E-state index contributed by atoms with van der Waals surface area (Å²) in [6.07, 6.45) is 0. The standard InChI is InChI=1S/C3H6N6.Mg.H4O7P2.2H/c4-1-7-2(5)9-3(6)8-1;;1-8(2,3)7-9(4,5)6;;/h(H6,4,5,6,7,8,9);;(H2,1,2,3)(H2,4,5,6);;/q;+2;;2*-1. The first-order chi connectivity index (χ1) is 7.89. The molecule has 0 spiro atoms. The summed E-state index contributed by atoms with van der Waals surface area (Å²) in [5.74, 6) is 0.125. The van der Waals surface area contributed by atoms with Crippen LogP contribution in [0.3, 0.4) is 0 Å². The monoisotopic (exact) mass is 330 g/mol. The molecular formula is C3H12MgN6O7P2. The summed E-state index contributed by atoms with van der Waals surface area (Å²) in [5, 5.41) is 0. The maximum absolute atomic E-state index is 9.63. The molecule has 16 heteroatoms. The third kappa shape index (κ3) is 13.7. The molecule has 108 valence electrons. The predicted molar refractivity (Wildman–Crippen MR) is 66.2 cm³/mol. The first-order valence-corrected chi connectivity index (χ1v) is 6.80. The summed E-state index contributed by atoms with van der Waals surface area (Å²) in [6.45, 7) is 0. The van der Waals surface area contributed by atoms with E-state index < -0.39 is 15.6 Å². The number of anilines is 3. The van der Waals surface area contributed by atoms with Gasteiger partial charge in [-0.15, -0.1) is 0 Å². The number of hydrogen-bond acceptors (Lipinski definition) is 9. The van der Waals surface area contributed by atoms with E-state index in [2.05, 4.69) is 19.3 Å². The Labute approximate surface area is 125 Å². The van der Waals surface area contributed by atoms with Crippen LogP contribution in [0.25, 0.3) is 0 Å². The van der Waals surface area contributed by atoms with Crippen molar-refractivity contribution in [2.24, 2.45) is 0 Å². The number of phosphoric acid groups is 2. The van der Waals surface area contributed by atoms with Gasteiger partial charge in [-0.2, -0.15) is 19.3 Å². The van der Waals surface area contributed by atoms with E-state index in [1.165, 1.54) is 0 Å². The van der Waals surface area contributed by atoms with E-state index in [0.717, 1.165) is 0 Å². The molecule has 0 fully saturated rings. The van der Waals surface area contributed by atoms with Gasteiger partial charge >= 0.3 is 38.7 Å². The first kappa shape index (κ1) is 20.7. The smallest absolute Gasteiger partial charge is 1.00 e. The molecule has 1 aromatic rings. The van der Waals surface area contributed by atoms with Gasteiger partial charge < -0.3 is 39.6 Å². The third-order valence-corrected chi connectivity index (χ3v) is 2.60. The number of hydrogen-bond donors (Lipinski definition) is 7. The molecule has 19 heavy (non-hydrogen) atoms. The van der Waals surface area contributed by atoms with Crippen LogP contribution in [-0.2, 0) is 13.4 Å². The van der Waals surface area contributed by atoms with Crippen LogP contribution in [0.15, 0.2) is 0 Å². The fourth-order valence-corrected chi connectivity index (χ4v) is 1.67. The fraction of sp³-hybridized carbons (Fsp3) is 0. The molecule has 10 N–H and O–H groups in total. The quantitative estimate of drug-likeness (QED) is 0.222. The van der Waals surface area contributed by atoms with Gasteiger partial charge in [0.2, 0.25) is 17.8 Å². The Morgan fingerprint density at radius 2 is 1.05 bits per heavy atom. The molecule has 0 saturated carbocycles. The Morgan fingerprint density at radius 3 is 1.16 bits per heavy atom. The van der Waals surface area contributed by atoms with Crippen molar-refractivity contribution in [1.29, 1.82) is 0 Å². The average molecular weight is 330 g/mol. The van der Waals surface area contributed by atoms with Gasteiger partial charge in [0, 0.05) is 0 Å². The zero-order valence-electron chi connectivity index (χ0n) is 11.2. The molecule has 0 atom stereocenters. The third-order valence-electron chi connectivity index (χ3n) is 0.900. The van der Waals surface area contributed by atoms with Gasteiger partial charge in [-0.1, -0.05) is 0 Å². The number of rotatable bonds is 2. The molecule has 0 bridgehead atoms. The van der Waals surface area contributed by atoms with Crippen LogP contribution < -0.4 is 17.2 Å². The Hall–Kier alpha value is -0.564. The summed E-state index contributed by atoms with van der Waals surface area (Å²) in [4.78, 5) is 41.5. The maximum Gasteiger partial charge on any atom is 2.00 e. The van der Waals surface area contributed by atoms with Crippen molar-refractivity contribution < 1.29 is 35.9 Å². The van der Waals surface area contributed by atoms with E-state index in [1.807, 2.05) is 0 Å². The maximum atomic E-state index is 9.63. The van der Waals surface area contributed by atoms with Crippen molar-refractivity contribution in [3.8, 4) is 0 Å². The summed E-state index contributed by atoms with van der Waals surface area (Å²) in [5.41, 5.74) is 15.4. The molecule has 0 radical (unpaired) electrons. The minimum atomic E-state index is -5.05. The van der Waals surface area contributed by atoms with Crippen LogP contribution in [0.1, 0.15) is 2.85 Å². The number of aromatic nitrogens is 3. The van der Waals surface area contributed by atoms with Crippen molar-refractivity contribution in [2.75, 3.05) is 17.2 Å². The SMILES string of the molecule is Nc1nc(N)nc(N)n1.O=P(O)(O)OP(=O)(O)O.[H-].[H-].[Mg+2]. The molecule has 13 nitrogen and oxygen atoms in total. The minimum Gasteiger partial charge on any atom is -1.00 e. The number of nitrogen functional groups attached to an aromatic ring is 3. The van der Waals surface area contributed by atoms with Gasteiger partial charge in [0.15, 0.2) is 0 Å². The zero-order chi connectivity index (χ0) is 14.6. The molecule has 1 aromatic heterocycles. The van der Waals surface area contributed by atoms with Gasteiger partial charge in [0.25, 0.3) is 0 Å². The zero-order valence-corrected chi connectivity index (χ0v) is 12.4. The molecule has 0 saturated heterocycles. The minimum absolute atomic E-state index is 0. The average Bonchev–Trinajstić information content (AvgIpc) is 1.92. The van der Waals surface area contributed by atoms with E-state index in [-0.39, 0.29) is 43.8 Å². The molecular weight excluding hydrogens is 318 g/mol. The normalized spacial score (nSPS) is 10.9. The van der Waals surface area contributed by atoms with Gasteiger partial charge in [-0.3, -0.25) is 0 Å². The van der Waals surface area contributed by atoms with Gasteiger partial charge in [0.1, 0.15) is 0 Å². The molecule has 0 aliphatic rings. The molecule has 0 aliphatic carbocycles. The predicted octanol–water partition coefficient (Wildman–Crippen LogP) is -2.35. The Kier molecular flexibility index (Phi) is 8.61. The second-order valence-corrected chi connectivity index (χ2v) is 5.09. The molecule has 1 heterocycles. The van der Waals surface area contributed by atoms with E-state index >= 15 is 0 Å². The second-order valence-electron chi connectivity index (χ2n) is 2.47. The van der Waals surface area contributed by atoms with Crippen LogP contribution >= 0.6 is 15.6 Å². The Morgan fingerprint density at radius 1 is 0.842 bits per heavy atom. The van der Waals surface area contributed by atoms with Crippen LogP contribution in [0, 0.1) is 0 Å². The molecule has 0 amide bonds. The van der Waals surface area contributed by atoms with Crippen LogP contribution in [0.2, 0.25) is 0 Å². The van der Waals surface area contributed by atoms with Crippen LogP contribution in [0.5, 0.6) is 0 Å². The number of nitrogens with two attached hydrogens (primary N) is 3. The topological polar surface area (TPSA) is 241 Å². The van der Waals surface area contributed by atoms with E-state index in [0.29, 0.717) is 0 Å². The summed E-state index contributed by atoms with van der Waals surface area (Å²) >= 11 is 0. The van der Waals surface area contributed by atoms with Crippen molar-refractivity contribution in [3.63, 3.8) is 0 Å². The van der Waals surface area contributed by atoms with Crippen molar-refractivity contribution in [2.45, 2.75) is 0 Å². The van der Waals surface area contributed by atoms with E-state index in [9.17, 15) is 9.13 Å². The van der Waals surface area contributed by atoms with Crippen molar-refractivity contribution in [1.82, 2.24) is 15.0 Å². The van der Waals surface area contributed by atoms with E-state index in [1.54, 1.807) is 0 Å².